The van der Waals surface area contributed by atoms with Gasteiger partial charge in [-0.1, -0.05) is 51.9 Å². The first-order valence-electron chi connectivity index (χ1n) is 7.61. The average molecular weight is 239 g/mol. The fourth-order valence-electron chi connectivity index (χ4n) is 4.20. The summed E-state index contributed by atoms with van der Waals surface area (Å²) >= 11 is 0. The van der Waals surface area contributed by atoms with Gasteiger partial charge in [-0.05, 0) is 37.1 Å². The second-order valence-electron chi connectivity index (χ2n) is 6.38. The summed E-state index contributed by atoms with van der Waals surface area (Å²) in [6.07, 6.45) is 11.5. The van der Waals surface area contributed by atoms with Gasteiger partial charge in [-0.25, -0.2) is 0 Å². The molecule has 2 fully saturated rings. The van der Waals surface area contributed by atoms with Crippen molar-refractivity contribution < 1.29 is 5.11 Å². The summed E-state index contributed by atoms with van der Waals surface area (Å²) in [6, 6.07) is 0. The van der Waals surface area contributed by atoms with Crippen molar-refractivity contribution >= 4 is 0 Å². The van der Waals surface area contributed by atoms with Crippen molar-refractivity contribution in [2.75, 3.05) is 6.54 Å². The minimum absolute atomic E-state index is 0.259. The van der Waals surface area contributed by atoms with Crippen molar-refractivity contribution in [2.45, 2.75) is 70.3 Å². The predicted octanol–water partition coefficient (Wildman–Crippen LogP) is 3.08. The van der Waals surface area contributed by atoms with E-state index in [0.29, 0.717) is 12.5 Å². The molecular weight excluding hydrogens is 210 g/mol. The van der Waals surface area contributed by atoms with E-state index in [-0.39, 0.29) is 5.92 Å². The number of nitrogens with two attached hydrogens (primary N) is 1. The van der Waals surface area contributed by atoms with E-state index in [4.69, 9.17) is 5.73 Å². The van der Waals surface area contributed by atoms with Gasteiger partial charge in [0, 0.05) is 0 Å². The van der Waals surface area contributed by atoms with Crippen LogP contribution in [0.4, 0.5) is 0 Å². The molecule has 100 valence electrons. The van der Waals surface area contributed by atoms with Crippen molar-refractivity contribution in [3.63, 3.8) is 0 Å². The highest BCUT2D eigenvalue weighted by Gasteiger charge is 2.45. The molecule has 0 spiro atoms. The number of hydrogen-bond donors (Lipinski definition) is 2. The Hall–Kier alpha value is -0.0800. The quantitative estimate of drug-likeness (QED) is 0.795. The smallest absolute Gasteiger partial charge is 0.0715 e. The molecule has 2 aliphatic rings. The Labute approximate surface area is 106 Å². The molecule has 0 aliphatic heterocycles. The second kappa shape index (κ2) is 5.71. The van der Waals surface area contributed by atoms with Crippen LogP contribution in [0.2, 0.25) is 0 Å². The molecule has 0 saturated heterocycles. The minimum Gasteiger partial charge on any atom is -0.389 e. The lowest BCUT2D eigenvalue weighted by Gasteiger charge is -2.48. The van der Waals surface area contributed by atoms with Crippen LogP contribution in [0.3, 0.4) is 0 Å². The van der Waals surface area contributed by atoms with Gasteiger partial charge in [-0.2, -0.15) is 0 Å². The van der Waals surface area contributed by atoms with Gasteiger partial charge in [0.15, 0.2) is 0 Å². The van der Waals surface area contributed by atoms with Crippen LogP contribution in [0.5, 0.6) is 0 Å². The third kappa shape index (κ3) is 2.68. The molecule has 2 heteroatoms. The Morgan fingerprint density at radius 1 is 1.12 bits per heavy atom. The minimum atomic E-state index is -0.463. The van der Waals surface area contributed by atoms with E-state index in [1.165, 1.54) is 51.4 Å². The van der Waals surface area contributed by atoms with E-state index in [0.717, 1.165) is 12.3 Å². The summed E-state index contributed by atoms with van der Waals surface area (Å²) < 4.78 is 0. The molecule has 0 heterocycles. The van der Waals surface area contributed by atoms with Crippen molar-refractivity contribution in [2.24, 2.45) is 23.5 Å². The lowest BCUT2D eigenvalue weighted by atomic mass is 9.61. The van der Waals surface area contributed by atoms with E-state index < -0.39 is 5.60 Å². The van der Waals surface area contributed by atoms with E-state index in [9.17, 15) is 5.11 Å². The third-order valence-electron chi connectivity index (χ3n) is 5.41. The van der Waals surface area contributed by atoms with Crippen LogP contribution >= 0.6 is 0 Å². The number of aliphatic hydroxyl groups is 1. The summed E-state index contributed by atoms with van der Waals surface area (Å²) in [6.45, 7) is 2.76. The van der Waals surface area contributed by atoms with E-state index >= 15 is 0 Å². The first-order valence-corrected chi connectivity index (χ1v) is 7.61. The largest absolute Gasteiger partial charge is 0.389 e. The summed E-state index contributed by atoms with van der Waals surface area (Å²) in [5.41, 5.74) is 5.36. The maximum atomic E-state index is 11.1. The maximum Gasteiger partial charge on any atom is 0.0715 e. The van der Waals surface area contributed by atoms with Gasteiger partial charge in [0.2, 0.25) is 0 Å². The van der Waals surface area contributed by atoms with E-state index in [2.05, 4.69) is 6.92 Å². The fourth-order valence-corrected chi connectivity index (χ4v) is 4.20. The van der Waals surface area contributed by atoms with Crippen LogP contribution in [-0.4, -0.2) is 17.3 Å². The molecule has 2 nitrogen and oxygen atoms in total. The zero-order chi connectivity index (χ0) is 12.3. The number of rotatable bonds is 3. The topological polar surface area (TPSA) is 46.2 Å². The van der Waals surface area contributed by atoms with Crippen LogP contribution in [0.15, 0.2) is 0 Å². The van der Waals surface area contributed by atoms with Gasteiger partial charge < -0.3 is 10.8 Å². The molecule has 3 unspecified atom stereocenters. The Bertz CT molecular complexity index is 237. The predicted molar refractivity (Wildman–Crippen MR) is 71.7 cm³/mol. The molecule has 0 aromatic rings. The van der Waals surface area contributed by atoms with Crippen LogP contribution in [0.25, 0.3) is 0 Å². The highest BCUT2D eigenvalue weighted by atomic mass is 16.3. The van der Waals surface area contributed by atoms with Crippen LogP contribution in [0, 0.1) is 17.8 Å². The SMILES string of the molecule is CC(CN)C1(O)CCCCC1C1CCCCC1. The first kappa shape index (κ1) is 13.4. The van der Waals surface area contributed by atoms with Crippen LogP contribution in [-0.2, 0) is 0 Å². The molecular formula is C15H29NO. The lowest BCUT2D eigenvalue weighted by Crippen LogP contribution is -2.51. The summed E-state index contributed by atoms with van der Waals surface area (Å²) in [7, 11) is 0. The van der Waals surface area contributed by atoms with Gasteiger partial charge >= 0.3 is 0 Å². The van der Waals surface area contributed by atoms with E-state index in [1.54, 1.807) is 0 Å². The molecule has 17 heavy (non-hydrogen) atoms. The highest BCUT2D eigenvalue weighted by molar-refractivity contribution is 4.97. The molecule has 2 rings (SSSR count). The van der Waals surface area contributed by atoms with Crippen molar-refractivity contribution in [3.8, 4) is 0 Å². The Balaban J connectivity index is 2.10. The third-order valence-corrected chi connectivity index (χ3v) is 5.41. The Kier molecular flexibility index (Phi) is 4.48. The fraction of sp³-hybridized carbons (Fsp3) is 1.00. The average Bonchev–Trinajstić information content (AvgIpc) is 2.39. The van der Waals surface area contributed by atoms with E-state index in [1.807, 2.05) is 0 Å². The monoisotopic (exact) mass is 239 g/mol. The van der Waals surface area contributed by atoms with Gasteiger partial charge in [0.1, 0.15) is 0 Å². The van der Waals surface area contributed by atoms with Gasteiger partial charge in [-0.15, -0.1) is 0 Å². The molecule has 3 atom stereocenters. The van der Waals surface area contributed by atoms with Gasteiger partial charge in [0.05, 0.1) is 5.60 Å². The molecule has 0 bridgehead atoms. The molecule has 2 saturated carbocycles. The Morgan fingerprint density at radius 3 is 2.41 bits per heavy atom. The van der Waals surface area contributed by atoms with Crippen molar-refractivity contribution in [1.82, 2.24) is 0 Å². The van der Waals surface area contributed by atoms with Crippen LogP contribution in [0.1, 0.15) is 64.7 Å². The molecule has 2 aliphatic carbocycles. The van der Waals surface area contributed by atoms with Crippen molar-refractivity contribution in [3.05, 3.63) is 0 Å². The van der Waals surface area contributed by atoms with Crippen LogP contribution < -0.4 is 5.73 Å². The van der Waals surface area contributed by atoms with Gasteiger partial charge in [-0.3, -0.25) is 0 Å². The molecule has 0 amide bonds. The van der Waals surface area contributed by atoms with Crippen molar-refractivity contribution in [1.29, 1.82) is 0 Å². The summed E-state index contributed by atoms with van der Waals surface area (Å²) in [5, 5.41) is 11.1. The molecule has 0 radical (unpaired) electrons. The molecule has 3 N–H and O–H groups in total. The maximum absolute atomic E-state index is 11.1. The Morgan fingerprint density at radius 2 is 1.76 bits per heavy atom. The highest BCUT2D eigenvalue weighted by Crippen LogP contribution is 2.46. The summed E-state index contributed by atoms with van der Waals surface area (Å²) in [4.78, 5) is 0. The first-order chi connectivity index (χ1) is 8.18. The summed E-state index contributed by atoms with van der Waals surface area (Å²) in [5.74, 6) is 1.55. The normalized spacial score (nSPS) is 37.9. The van der Waals surface area contributed by atoms with Gasteiger partial charge in [0.25, 0.3) is 0 Å². The standard InChI is InChI=1S/C15H29NO/c1-12(11-16)15(17)10-6-5-9-14(15)13-7-3-2-4-8-13/h12-14,17H,2-11,16H2,1H3. The molecule has 0 aromatic heterocycles. The number of hydrogen-bond acceptors (Lipinski definition) is 2. The molecule has 0 aromatic carbocycles. The zero-order valence-electron chi connectivity index (χ0n) is 11.3. The lowest BCUT2D eigenvalue weighted by molar-refractivity contribution is -0.111. The zero-order valence-corrected chi connectivity index (χ0v) is 11.3. The second-order valence-corrected chi connectivity index (χ2v) is 6.38.